The molecule has 98 valence electrons. The fraction of sp³-hybridized carbons (Fsp3) is 0.462. The van der Waals surface area contributed by atoms with Crippen LogP contribution in [0.3, 0.4) is 0 Å². The molecule has 0 radical (unpaired) electrons. The van der Waals surface area contributed by atoms with Gasteiger partial charge in [-0.1, -0.05) is 6.07 Å². The van der Waals surface area contributed by atoms with Gasteiger partial charge in [-0.2, -0.15) is 0 Å². The lowest BCUT2D eigenvalue weighted by molar-refractivity contribution is -0.125. The van der Waals surface area contributed by atoms with Gasteiger partial charge in [0.15, 0.2) is 6.10 Å². The minimum Gasteiger partial charge on any atom is -0.479 e. The fourth-order valence-electron chi connectivity index (χ4n) is 2.06. The van der Waals surface area contributed by atoms with Crippen LogP contribution in [0.25, 0.3) is 0 Å². The number of hydrogen-bond donors (Lipinski definition) is 2. The van der Waals surface area contributed by atoms with Crippen molar-refractivity contribution in [3.8, 4) is 5.75 Å². The molecular formula is C13H18N2O3. The van der Waals surface area contributed by atoms with Crippen LogP contribution < -0.4 is 15.4 Å². The molecule has 2 atom stereocenters. The van der Waals surface area contributed by atoms with Crippen LogP contribution in [-0.2, 0) is 4.79 Å². The maximum Gasteiger partial charge on any atom is 0.267 e. The van der Waals surface area contributed by atoms with Crippen LogP contribution in [0.15, 0.2) is 18.2 Å². The second kappa shape index (κ2) is 4.96. The number of nitrogens with two attached hydrogens (primary N) is 1. The molecule has 0 saturated heterocycles. The van der Waals surface area contributed by atoms with Gasteiger partial charge in [-0.05, 0) is 37.6 Å². The maximum absolute atomic E-state index is 11.8. The molecule has 18 heavy (non-hydrogen) atoms. The van der Waals surface area contributed by atoms with Gasteiger partial charge >= 0.3 is 0 Å². The largest absolute Gasteiger partial charge is 0.479 e. The number of anilines is 1. The molecule has 1 aromatic rings. The molecule has 1 aliphatic heterocycles. The average molecular weight is 250 g/mol. The normalized spacial score (nSPS) is 20.3. The highest BCUT2D eigenvalue weighted by atomic mass is 16.5. The number of hydrogen-bond acceptors (Lipinski definition) is 4. The van der Waals surface area contributed by atoms with E-state index in [4.69, 9.17) is 10.5 Å². The van der Waals surface area contributed by atoms with Crippen molar-refractivity contribution in [1.82, 2.24) is 0 Å². The number of likely N-dealkylation sites (N-methyl/N-ethyl adjacent to an activating group) is 1. The maximum atomic E-state index is 11.8. The molecule has 0 fully saturated rings. The van der Waals surface area contributed by atoms with Crippen LogP contribution in [0.2, 0.25) is 0 Å². The van der Waals surface area contributed by atoms with Crippen molar-refractivity contribution in [2.75, 3.05) is 18.5 Å². The smallest absolute Gasteiger partial charge is 0.267 e. The number of amides is 1. The molecule has 1 aliphatic rings. The van der Waals surface area contributed by atoms with Crippen molar-refractivity contribution in [2.24, 2.45) is 5.73 Å². The zero-order chi connectivity index (χ0) is 13.3. The molecule has 5 heteroatoms. The van der Waals surface area contributed by atoms with E-state index in [9.17, 15) is 9.90 Å². The summed E-state index contributed by atoms with van der Waals surface area (Å²) in [7, 11) is 1.71. The molecule has 2 rings (SSSR count). The lowest BCUT2D eigenvalue weighted by Crippen LogP contribution is -2.42. The van der Waals surface area contributed by atoms with Crippen LogP contribution in [0.4, 0.5) is 5.69 Å². The third kappa shape index (κ3) is 2.19. The summed E-state index contributed by atoms with van der Waals surface area (Å²) in [4.78, 5) is 13.4. The van der Waals surface area contributed by atoms with Gasteiger partial charge in [0.25, 0.3) is 5.91 Å². The van der Waals surface area contributed by atoms with Crippen LogP contribution in [0.1, 0.15) is 25.0 Å². The Morgan fingerprint density at radius 1 is 1.56 bits per heavy atom. The minimum atomic E-state index is -0.608. The van der Waals surface area contributed by atoms with E-state index in [0.29, 0.717) is 24.4 Å². The molecule has 0 aliphatic carbocycles. The molecular weight excluding hydrogens is 232 g/mol. The van der Waals surface area contributed by atoms with Crippen LogP contribution in [0.5, 0.6) is 5.75 Å². The van der Waals surface area contributed by atoms with Crippen molar-refractivity contribution >= 4 is 11.6 Å². The van der Waals surface area contributed by atoms with Crippen molar-refractivity contribution in [2.45, 2.75) is 25.6 Å². The van der Waals surface area contributed by atoms with Gasteiger partial charge in [0.05, 0.1) is 11.8 Å². The Balaban J connectivity index is 2.34. The summed E-state index contributed by atoms with van der Waals surface area (Å²) in [6.07, 6.45) is -0.585. The number of aliphatic hydroxyl groups excluding tert-OH is 1. The number of ether oxygens (including phenoxy) is 1. The summed E-state index contributed by atoms with van der Waals surface area (Å²) >= 11 is 0. The van der Waals surface area contributed by atoms with Crippen LogP contribution >= 0.6 is 0 Å². The van der Waals surface area contributed by atoms with Gasteiger partial charge in [-0.3, -0.25) is 4.79 Å². The summed E-state index contributed by atoms with van der Waals surface area (Å²) in [5, 5.41) is 9.90. The lowest BCUT2D eigenvalue weighted by Gasteiger charge is -2.30. The highest BCUT2D eigenvalue weighted by molar-refractivity contribution is 5.99. The number of nitrogens with zero attached hydrogens (tertiary/aromatic N) is 1. The van der Waals surface area contributed by atoms with Gasteiger partial charge in [-0.25, -0.2) is 0 Å². The Bertz CT molecular complexity index is 462. The molecule has 0 spiro atoms. The van der Waals surface area contributed by atoms with Crippen molar-refractivity contribution < 1.29 is 14.6 Å². The zero-order valence-electron chi connectivity index (χ0n) is 10.6. The molecule has 1 amide bonds. The molecule has 0 aromatic heterocycles. The first-order valence-corrected chi connectivity index (χ1v) is 6.01. The molecule has 0 bridgehead atoms. The molecule has 5 nitrogen and oxygen atoms in total. The first-order valence-electron chi connectivity index (χ1n) is 6.01. The number of benzene rings is 1. The predicted molar refractivity (Wildman–Crippen MR) is 68.6 cm³/mol. The number of fused-ring (bicyclic) bond motifs is 1. The highest BCUT2D eigenvalue weighted by Crippen LogP contribution is 2.35. The van der Waals surface area contributed by atoms with Gasteiger partial charge < -0.3 is 20.5 Å². The predicted octanol–water partition coefficient (Wildman–Crippen LogP) is 0.812. The van der Waals surface area contributed by atoms with E-state index in [1.54, 1.807) is 37.1 Å². The summed E-state index contributed by atoms with van der Waals surface area (Å²) in [5.74, 6) is 0.571. The summed E-state index contributed by atoms with van der Waals surface area (Å²) < 4.78 is 5.51. The average Bonchev–Trinajstić information content (AvgIpc) is 2.36. The molecule has 1 heterocycles. The summed E-state index contributed by atoms with van der Waals surface area (Å²) in [6, 6.07) is 5.36. The summed E-state index contributed by atoms with van der Waals surface area (Å²) in [5.41, 5.74) is 6.86. The van der Waals surface area contributed by atoms with Crippen molar-refractivity contribution in [3.63, 3.8) is 0 Å². The topological polar surface area (TPSA) is 75.8 Å². The van der Waals surface area contributed by atoms with E-state index >= 15 is 0 Å². The van der Waals surface area contributed by atoms with E-state index in [-0.39, 0.29) is 5.91 Å². The first-order chi connectivity index (χ1) is 8.54. The Hall–Kier alpha value is -1.59. The Morgan fingerprint density at radius 2 is 2.28 bits per heavy atom. The minimum absolute atomic E-state index is 0.0898. The number of aliphatic hydroxyl groups is 1. The first kappa shape index (κ1) is 12.9. The Kier molecular flexibility index (Phi) is 3.54. The van der Waals surface area contributed by atoms with E-state index in [0.717, 1.165) is 5.56 Å². The molecule has 0 saturated carbocycles. The van der Waals surface area contributed by atoms with E-state index in [1.807, 2.05) is 0 Å². The second-order valence-corrected chi connectivity index (χ2v) is 4.48. The molecule has 1 aromatic carbocycles. The van der Waals surface area contributed by atoms with Gasteiger partial charge in [0.1, 0.15) is 5.75 Å². The van der Waals surface area contributed by atoms with E-state index in [1.165, 1.54) is 0 Å². The van der Waals surface area contributed by atoms with Crippen LogP contribution in [0, 0.1) is 0 Å². The zero-order valence-corrected chi connectivity index (χ0v) is 10.6. The lowest BCUT2D eigenvalue weighted by atomic mass is 10.0. The van der Waals surface area contributed by atoms with Gasteiger partial charge in [0, 0.05) is 7.05 Å². The van der Waals surface area contributed by atoms with Gasteiger partial charge in [-0.15, -0.1) is 0 Å². The third-order valence-corrected chi connectivity index (χ3v) is 3.15. The van der Waals surface area contributed by atoms with Crippen molar-refractivity contribution in [3.05, 3.63) is 23.8 Å². The molecule has 3 N–H and O–H groups in total. The van der Waals surface area contributed by atoms with E-state index in [2.05, 4.69) is 0 Å². The quantitative estimate of drug-likeness (QED) is 0.832. The third-order valence-electron chi connectivity index (χ3n) is 3.15. The monoisotopic (exact) mass is 250 g/mol. The number of carbonyl (C=O) groups is 1. The second-order valence-electron chi connectivity index (χ2n) is 4.48. The highest BCUT2D eigenvalue weighted by Gasteiger charge is 2.29. The van der Waals surface area contributed by atoms with Crippen molar-refractivity contribution in [1.29, 1.82) is 0 Å². The fourth-order valence-corrected chi connectivity index (χ4v) is 2.06. The van der Waals surface area contributed by atoms with Gasteiger partial charge in [0.2, 0.25) is 0 Å². The SMILES string of the molecule is CC1Oc2ccc(C(O)CCN)cc2N(C)C1=O. The Morgan fingerprint density at radius 3 is 2.94 bits per heavy atom. The summed E-state index contributed by atoms with van der Waals surface area (Å²) in [6.45, 7) is 2.14. The van der Waals surface area contributed by atoms with Crippen LogP contribution in [-0.4, -0.2) is 30.7 Å². The van der Waals surface area contributed by atoms with E-state index < -0.39 is 12.2 Å². The standard InChI is InChI=1S/C13H18N2O3/c1-8-13(17)15(2)10-7-9(11(16)5-6-14)3-4-12(10)18-8/h3-4,7-8,11,16H,5-6,14H2,1-2H3. The number of carbonyl (C=O) groups excluding carboxylic acids is 1. The number of rotatable bonds is 3. The molecule has 2 unspecified atom stereocenters. The Labute approximate surface area is 106 Å².